The average molecular weight is 214 g/mol. The van der Waals surface area contributed by atoms with E-state index in [2.05, 4.69) is 2.90 Å². The van der Waals surface area contributed by atoms with Gasteiger partial charge in [-0.15, -0.1) is 0 Å². The first-order chi connectivity index (χ1) is 2.41. The van der Waals surface area contributed by atoms with Crippen LogP contribution in [0.4, 0.5) is 0 Å². The second-order valence-corrected chi connectivity index (χ2v) is 1.35. The van der Waals surface area contributed by atoms with Gasteiger partial charge < -0.3 is 16.4 Å². The molecule has 8 heteroatoms. The molecule has 0 spiro atoms. The maximum absolute atomic E-state index is 9.11. The first kappa shape index (κ1) is 23.6. The van der Waals surface area contributed by atoms with Gasteiger partial charge in [-0.3, -0.25) is 0 Å². The van der Waals surface area contributed by atoms with E-state index >= 15 is 0 Å². The summed E-state index contributed by atoms with van der Waals surface area (Å²) < 4.78 is 21.9. The zero-order chi connectivity index (χ0) is 4.12. The maximum atomic E-state index is 9.11. The van der Waals surface area contributed by atoms with Gasteiger partial charge in [-0.1, -0.05) is 0 Å². The molecule has 0 atom stereocenters. The molecule has 0 aliphatic rings. The van der Waals surface area contributed by atoms with Crippen molar-refractivity contribution in [3.63, 3.8) is 0 Å². The Morgan fingerprint density at radius 2 is 1.12 bits per heavy atom. The normalized spacial score (nSPS) is 5.00. The molecule has 0 radical (unpaired) electrons. The Morgan fingerprint density at radius 1 is 0.875 bits per heavy atom. The van der Waals surface area contributed by atoms with E-state index in [1.165, 1.54) is 0 Å². The fourth-order valence-corrected chi connectivity index (χ4v) is 0.145. The third-order valence-corrected chi connectivity index (χ3v) is 0.708. The van der Waals surface area contributed by atoms with Crippen LogP contribution >= 0.6 is 0 Å². The first-order valence-corrected chi connectivity index (χ1v) is 2.38. The van der Waals surface area contributed by atoms with Crippen LogP contribution in [0.15, 0.2) is 0 Å². The summed E-state index contributed by atoms with van der Waals surface area (Å²) in [7, 11) is 0. The Morgan fingerprint density at radius 3 is 1.12 bits per heavy atom. The van der Waals surface area contributed by atoms with Gasteiger partial charge in [-0.25, -0.2) is 0 Å². The molecule has 0 bridgehead atoms. The van der Waals surface area contributed by atoms with Crippen molar-refractivity contribution >= 4 is 0 Å². The van der Waals surface area contributed by atoms with Gasteiger partial charge in [0.15, 0.2) is 0 Å². The molecule has 0 aliphatic carbocycles. The standard InChI is InChI=1S/2Fe.3H2O.3O/h;;3*1H2;;;. The van der Waals surface area contributed by atoms with Gasteiger partial charge in [0.2, 0.25) is 0 Å². The molecule has 0 heterocycles. The summed E-state index contributed by atoms with van der Waals surface area (Å²) in [6.07, 6.45) is 0. The van der Waals surface area contributed by atoms with Crippen LogP contribution in [0.25, 0.3) is 0 Å². The zero-order valence-corrected chi connectivity index (χ0v) is 5.64. The van der Waals surface area contributed by atoms with Crippen molar-refractivity contribution in [3.05, 3.63) is 0 Å². The molecule has 0 fully saturated rings. The predicted molar refractivity (Wildman–Crippen MR) is 13.3 cm³/mol. The van der Waals surface area contributed by atoms with Gasteiger partial charge in [0, 0.05) is 0 Å². The summed E-state index contributed by atoms with van der Waals surface area (Å²) >= 11 is -1.44. The molecule has 0 unspecified atom stereocenters. The van der Waals surface area contributed by atoms with Crippen LogP contribution in [-0.4, -0.2) is 16.4 Å². The van der Waals surface area contributed by atoms with Gasteiger partial charge in [-0.2, -0.15) is 0 Å². The van der Waals surface area contributed by atoms with Crippen molar-refractivity contribution in [1.82, 2.24) is 0 Å². The summed E-state index contributed by atoms with van der Waals surface area (Å²) in [6.45, 7) is 0. The van der Waals surface area contributed by atoms with E-state index in [9.17, 15) is 0 Å². The minimum absolute atomic E-state index is 0. The van der Waals surface area contributed by atoms with Crippen LogP contribution in [0.3, 0.4) is 0 Å². The summed E-state index contributed by atoms with van der Waals surface area (Å²) in [4.78, 5) is 0. The SMILES string of the molecule is O.O.O.[O]=[Fe][O][Fe]=[O]. The van der Waals surface area contributed by atoms with Crippen molar-refractivity contribution in [1.29, 1.82) is 0 Å². The molecule has 6 N–H and O–H groups in total. The summed E-state index contributed by atoms with van der Waals surface area (Å²) in [6, 6.07) is 0. The fraction of sp³-hybridized carbons (Fsp3) is 0. The van der Waals surface area contributed by atoms with Crippen molar-refractivity contribution in [3.8, 4) is 0 Å². The van der Waals surface area contributed by atoms with E-state index in [0.717, 1.165) is 0 Å². The van der Waals surface area contributed by atoms with Gasteiger partial charge in [0.05, 0.1) is 0 Å². The molecule has 0 saturated carbocycles. The third-order valence-electron chi connectivity index (χ3n) is 0.0417. The van der Waals surface area contributed by atoms with E-state index in [-0.39, 0.29) is 16.4 Å². The van der Waals surface area contributed by atoms with Crippen molar-refractivity contribution in [2.24, 2.45) is 0 Å². The molecule has 0 aromatic rings. The molecule has 8 heavy (non-hydrogen) atoms. The van der Waals surface area contributed by atoms with Crippen molar-refractivity contribution in [2.75, 3.05) is 0 Å². The molecule has 0 amide bonds. The van der Waals surface area contributed by atoms with E-state index in [1.807, 2.05) is 0 Å². The van der Waals surface area contributed by atoms with Gasteiger partial charge in [0.25, 0.3) is 0 Å². The zero-order valence-electron chi connectivity index (χ0n) is 3.43. The fourth-order valence-electron chi connectivity index (χ4n) is 0.00851. The topological polar surface area (TPSA) is 138 Å². The summed E-state index contributed by atoms with van der Waals surface area (Å²) in [5.74, 6) is 0. The monoisotopic (exact) mass is 214 g/mol. The third kappa shape index (κ3) is 31.6. The van der Waals surface area contributed by atoms with E-state index in [0.29, 0.717) is 0 Å². The van der Waals surface area contributed by atoms with Crippen LogP contribution in [-0.2, 0) is 41.0 Å². The second-order valence-electron chi connectivity index (χ2n) is 0.169. The Balaban J connectivity index is -0.0000000267. The van der Waals surface area contributed by atoms with E-state index < -0.39 is 30.4 Å². The van der Waals surface area contributed by atoms with Crippen LogP contribution in [0, 0.1) is 0 Å². The number of rotatable bonds is 2. The Kier molecular flexibility index (Phi) is 76.7. The van der Waals surface area contributed by atoms with Crippen molar-refractivity contribution < 1.29 is 57.4 Å². The van der Waals surface area contributed by atoms with E-state index in [1.54, 1.807) is 0 Å². The molecular formula is H6Fe2O6. The molecule has 0 aliphatic heterocycles. The second kappa shape index (κ2) is 25.9. The predicted octanol–water partition coefficient (Wildman–Crippen LogP) is -2.79. The summed E-state index contributed by atoms with van der Waals surface area (Å²) in [5.41, 5.74) is 0. The van der Waals surface area contributed by atoms with E-state index in [4.69, 9.17) is 7.67 Å². The minimum atomic E-state index is -0.719. The van der Waals surface area contributed by atoms with Crippen molar-refractivity contribution in [2.45, 2.75) is 0 Å². The average Bonchev–Trinajstić information content (AvgIpc) is 1.41. The molecule has 0 aromatic heterocycles. The van der Waals surface area contributed by atoms with Crippen LogP contribution in [0.1, 0.15) is 0 Å². The number of hydrogen-bond acceptors (Lipinski definition) is 3. The Bertz CT molecular complexity index is 35.8. The van der Waals surface area contributed by atoms with Gasteiger partial charge >= 0.3 is 41.0 Å². The van der Waals surface area contributed by atoms with Crippen LogP contribution < -0.4 is 0 Å². The first-order valence-electron chi connectivity index (χ1n) is 0.577. The molecule has 0 saturated heterocycles. The molecule has 0 rings (SSSR count). The van der Waals surface area contributed by atoms with Crippen LogP contribution in [0.5, 0.6) is 0 Å². The van der Waals surface area contributed by atoms with Gasteiger partial charge in [0.1, 0.15) is 0 Å². The summed E-state index contributed by atoms with van der Waals surface area (Å²) in [5, 5.41) is 0. The molecule has 6 nitrogen and oxygen atoms in total. The quantitative estimate of drug-likeness (QED) is 0.459. The molecular weight excluding hydrogens is 208 g/mol. The molecule has 58 valence electrons. The number of hydrogen-bond donors (Lipinski definition) is 0. The molecule has 0 aromatic carbocycles. The van der Waals surface area contributed by atoms with Gasteiger partial charge in [-0.05, 0) is 0 Å². The van der Waals surface area contributed by atoms with Crippen LogP contribution in [0.2, 0.25) is 0 Å². The Labute approximate surface area is 57.9 Å². The Hall–Kier alpha value is 0.479.